The van der Waals surface area contributed by atoms with Crippen LogP contribution in [0.3, 0.4) is 0 Å². The molecular weight excluding hydrogens is 298 g/mol. The molecule has 3 N–H and O–H groups in total. The number of nitrogens with one attached hydrogen (secondary N) is 3. The first-order valence-corrected chi connectivity index (χ1v) is 8.22. The zero-order valence-corrected chi connectivity index (χ0v) is 13.3. The number of carbonyl (C=O) groups is 1. The van der Waals surface area contributed by atoms with E-state index in [4.69, 9.17) is 9.47 Å². The number of rotatable bonds is 6. The quantitative estimate of drug-likeness (QED) is 0.682. The molecule has 3 rings (SSSR count). The van der Waals surface area contributed by atoms with Crippen LogP contribution in [0.2, 0.25) is 0 Å². The summed E-state index contributed by atoms with van der Waals surface area (Å²) in [6.07, 6.45) is 2.73. The topological polar surface area (TPSA) is 91.5 Å². The van der Waals surface area contributed by atoms with Gasteiger partial charge in [0.2, 0.25) is 0 Å². The summed E-state index contributed by atoms with van der Waals surface area (Å²) in [5.41, 5.74) is 0.883. The number of morpholine rings is 1. The Morgan fingerprint density at radius 1 is 1.35 bits per heavy atom. The number of nitrogens with zero attached hydrogens (tertiary/aromatic N) is 2. The number of carbonyl (C=O) groups excluding carboxylic acids is 1. The van der Waals surface area contributed by atoms with Crippen LogP contribution < -0.4 is 10.6 Å². The van der Waals surface area contributed by atoms with Crippen molar-refractivity contribution in [1.29, 1.82) is 0 Å². The molecule has 8 nitrogen and oxygen atoms in total. The van der Waals surface area contributed by atoms with Crippen LogP contribution in [0.1, 0.15) is 12.1 Å². The van der Waals surface area contributed by atoms with Crippen LogP contribution in [0.25, 0.3) is 0 Å². The van der Waals surface area contributed by atoms with Gasteiger partial charge < -0.3 is 20.1 Å². The van der Waals surface area contributed by atoms with Gasteiger partial charge in [0.1, 0.15) is 0 Å². The lowest BCUT2D eigenvalue weighted by molar-refractivity contribution is 0.00212. The SMILES string of the molecule is O=C(NCc1ccn[nH]1)NC[C@H]([C@@H]1CCOC1)N1CCOCC1. The van der Waals surface area contributed by atoms with Crippen molar-refractivity contribution in [2.45, 2.75) is 19.0 Å². The molecule has 2 amide bonds. The Bertz CT molecular complexity index is 469. The zero-order chi connectivity index (χ0) is 15.9. The van der Waals surface area contributed by atoms with Crippen LogP contribution >= 0.6 is 0 Å². The molecule has 0 unspecified atom stereocenters. The minimum atomic E-state index is -0.156. The number of amides is 2. The monoisotopic (exact) mass is 323 g/mol. The number of ether oxygens (including phenoxy) is 2. The maximum Gasteiger partial charge on any atom is 0.315 e. The number of urea groups is 1. The summed E-state index contributed by atoms with van der Waals surface area (Å²) in [4.78, 5) is 14.4. The van der Waals surface area contributed by atoms with Crippen molar-refractivity contribution in [3.63, 3.8) is 0 Å². The van der Waals surface area contributed by atoms with E-state index in [1.807, 2.05) is 6.07 Å². The lowest BCUT2D eigenvalue weighted by Gasteiger charge is -2.37. The molecule has 1 aromatic heterocycles. The van der Waals surface area contributed by atoms with Gasteiger partial charge in [-0.1, -0.05) is 0 Å². The molecule has 0 bridgehead atoms. The van der Waals surface area contributed by atoms with Gasteiger partial charge in [-0.25, -0.2) is 4.79 Å². The fourth-order valence-corrected chi connectivity index (χ4v) is 3.18. The van der Waals surface area contributed by atoms with Crippen LogP contribution in [0, 0.1) is 5.92 Å². The molecule has 128 valence electrons. The van der Waals surface area contributed by atoms with Crippen LogP contribution in [0.5, 0.6) is 0 Å². The van der Waals surface area contributed by atoms with Gasteiger partial charge in [-0.2, -0.15) is 5.10 Å². The summed E-state index contributed by atoms with van der Waals surface area (Å²) in [5, 5.41) is 12.5. The highest BCUT2D eigenvalue weighted by Crippen LogP contribution is 2.21. The van der Waals surface area contributed by atoms with E-state index in [0.717, 1.165) is 51.6 Å². The summed E-state index contributed by atoms with van der Waals surface area (Å²) in [6, 6.07) is 1.99. The summed E-state index contributed by atoms with van der Waals surface area (Å²) >= 11 is 0. The second kappa shape index (κ2) is 8.28. The van der Waals surface area contributed by atoms with Crippen LogP contribution in [0.15, 0.2) is 12.3 Å². The number of aromatic amines is 1. The predicted molar refractivity (Wildman–Crippen MR) is 83.9 cm³/mol. The fraction of sp³-hybridized carbons (Fsp3) is 0.733. The molecule has 23 heavy (non-hydrogen) atoms. The smallest absolute Gasteiger partial charge is 0.315 e. The second-order valence-corrected chi connectivity index (χ2v) is 5.98. The van der Waals surface area contributed by atoms with Gasteiger partial charge in [0.05, 0.1) is 32.1 Å². The first-order chi connectivity index (χ1) is 11.3. The Hall–Kier alpha value is -1.64. The Morgan fingerprint density at radius 2 is 2.22 bits per heavy atom. The fourth-order valence-electron chi connectivity index (χ4n) is 3.18. The summed E-state index contributed by atoms with van der Waals surface area (Å²) in [5.74, 6) is 0.473. The lowest BCUT2D eigenvalue weighted by Crippen LogP contribution is -2.53. The standard InChI is InChI=1S/C15H25N5O3/c21-15(16-9-13-1-3-18-19-13)17-10-14(12-2-6-23-11-12)20-4-7-22-8-5-20/h1,3,12,14H,2,4-11H2,(H,18,19)(H2,16,17,21)/t12-,14-/m1/s1. The van der Waals surface area contributed by atoms with E-state index >= 15 is 0 Å². The van der Waals surface area contributed by atoms with E-state index < -0.39 is 0 Å². The maximum atomic E-state index is 12.0. The molecule has 0 radical (unpaired) electrons. The molecule has 0 aromatic carbocycles. The van der Waals surface area contributed by atoms with E-state index in [9.17, 15) is 4.79 Å². The van der Waals surface area contributed by atoms with Crippen molar-refractivity contribution in [3.8, 4) is 0 Å². The van der Waals surface area contributed by atoms with Gasteiger partial charge in [0.15, 0.2) is 0 Å². The number of H-pyrrole nitrogens is 1. The highest BCUT2D eigenvalue weighted by atomic mass is 16.5. The molecule has 0 spiro atoms. The van der Waals surface area contributed by atoms with Crippen molar-refractivity contribution in [3.05, 3.63) is 18.0 Å². The molecule has 2 atom stereocenters. The Kier molecular flexibility index (Phi) is 5.84. The van der Waals surface area contributed by atoms with Gasteiger partial charge in [0.25, 0.3) is 0 Å². The van der Waals surface area contributed by atoms with E-state index in [1.54, 1.807) is 6.20 Å². The predicted octanol–water partition coefficient (Wildman–Crippen LogP) is -0.0538. The van der Waals surface area contributed by atoms with Crippen molar-refractivity contribution in [1.82, 2.24) is 25.7 Å². The highest BCUT2D eigenvalue weighted by Gasteiger charge is 2.31. The van der Waals surface area contributed by atoms with Crippen molar-refractivity contribution >= 4 is 6.03 Å². The summed E-state index contributed by atoms with van der Waals surface area (Å²) < 4.78 is 11.0. The van der Waals surface area contributed by atoms with Gasteiger partial charge in [-0.15, -0.1) is 0 Å². The molecule has 3 heterocycles. The first-order valence-electron chi connectivity index (χ1n) is 8.22. The Balaban J connectivity index is 1.47. The van der Waals surface area contributed by atoms with E-state index in [1.165, 1.54) is 0 Å². The molecule has 8 heteroatoms. The average Bonchev–Trinajstić information content (AvgIpc) is 3.28. The molecule has 0 saturated carbocycles. The molecule has 1 aromatic rings. The lowest BCUT2D eigenvalue weighted by atomic mass is 9.97. The molecular formula is C15H25N5O3. The molecule has 2 aliphatic heterocycles. The largest absolute Gasteiger partial charge is 0.381 e. The number of aromatic nitrogens is 2. The number of hydrogen-bond donors (Lipinski definition) is 3. The number of hydrogen-bond acceptors (Lipinski definition) is 5. The third kappa shape index (κ3) is 4.66. The van der Waals surface area contributed by atoms with Crippen LogP contribution in [0.4, 0.5) is 4.79 Å². The maximum absolute atomic E-state index is 12.0. The van der Waals surface area contributed by atoms with Crippen molar-refractivity contribution < 1.29 is 14.3 Å². The minimum Gasteiger partial charge on any atom is -0.381 e. The third-order valence-corrected chi connectivity index (χ3v) is 4.49. The summed E-state index contributed by atoms with van der Waals surface area (Å²) in [7, 11) is 0. The minimum absolute atomic E-state index is 0.156. The van der Waals surface area contributed by atoms with Crippen LogP contribution in [-0.2, 0) is 16.0 Å². The third-order valence-electron chi connectivity index (χ3n) is 4.49. The zero-order valence-electron chi connectivity index (χ0n) is 13.3. The second-order valence-electron chi connectivity index (χ2n) is 5.98. The van der Waals surface area contributed by atoms with Gasteiger partial charge in [0, 0.05) is 44.4 Å². The normalized spacial score (nSPS) is 23.6. The molecule has 2 aliphatic rings. The Morgan fingerprint density at radius 3 is 2.91 bits per heavy atom. The first kappa shape index (κ1) is 16.2. The Labute approximate surface area is 135 Å². The van der Waals surface area contributed by atoms with Gasteiger partial charge in [-0.05, 0) is 12.5 Å². The molecule has 0 aliphatic carbocycles. The highest BCUT2D eigenvalue weighted by molar-refractivity contribution is 5.73. The average molecular weight is 323 g/mol. The van der Waals surface area contributed by atoms with E-state index in [-0.39, 0.29) is 6.03 Å². The van der Waals surface area contributed by atoms with Crippen molar-refractivity contribution in [2.75, 3.05) is 46.1 Å². The summed E-state index contributed by atoms with van der Waals surface area (Å²) in [6.45, 7) is 6.02. The van der Waals surface area contributed by atoms with Gasteiger partial charge in [-0.3, -0.25) is 10.00 Å². The van der Waals surface area contributed by atoms with E-state index in [2.05, 4.69) is 25.7 Å². The molecule has 2 fully saturated rings. The van der Waals surface area contributed by atoms with Crippen molar-refractivity contribution in [2.24, 2.45) is 5.92 Å². The van der Waals surface area contributed by atoms with Crippen LogP contribution in [-0.4, -0.2) is 73.2 Å². The molecule has 2 saturated heterocycles. The van der Waals surface area contributed by atoms with E-state index in [0.29, 0.717) is 25.0 Å². The van der Waals surface area contributed by atoms with Gasteiger partial charge >= 0.3 is 6.03 Å².